The van der Waals surface area contributed by atoms with E-state index in [0.29, 0.717) is 38.3 Å². The van der Waals surface area contributed by atoms with Crippen LogP contribution in [0.3, 0.4) is 0 Å². The smallest absolute Gasteiger partial charge is 0.254 e. The third kappa shape index (κ3) is 3.66. The Morgan fingerprint density at radius 2 is 1.96 bits per heavy atom. The van der Waals surface area contributed by atoms with Crippen LogP contribution in [0, 0.1) is 0 Å². The van der Waals surface area contributed by atoms with E-state index in [0.717, 1.165) is 22.5 Å². The number of carbonyl (C=O) groups is 1. The van der Waals surface area contributed by atoms with Crippen LogP contribution >= 0.6 is 0 Å². The second-order valence-corrected chi connectivity index (χ2v) is 6.97. The maximum atomic E-state index is 12.6. The second-order valence-electron chi connectivity index (χ2n) is 6.97. The molecule has 0 fully saturated rings. The van der Waals surface area contributed by atoms with E-state index in [9.17, 15) is 9.90 Å². The molecule has 28 heavy (non-hydrogen) atoms. The summed E-state index contributed by atoms with van der Waals surface area (Å²) in [6.07, 6.45) is 4.15. The zero-order valence-electron chi connectivity index (χ0n) is 15.8. The second kappa shape index (κ2) is 7.90. The molecule has 0 bridgehead atoms. The number of rotatable bonds is 7. The van der Waals surface area contributed by atoms with Gasteiger partial charge >= 0.3 is 0 Å². The van der Waals surface area contributed by atoms with Gasteiger partial charge in [-0.25, -0.2) is 9.67 Å². The van der Waals surface area contributed by atoms with Crippen LogP contribution < -0.4 is 0 Å². The summed E-state index contributed by atoms with van der Waals surface area (Å²) in [5, 5.41) is 14.7. The van der Waals surface area contributed by atoms with Gasteiger partial charge in [-0.05, 0) is 30.2 Å². The van der Waals surface area contributed by atoms with Gasteiger partial charge in [0, 0.05) is 43.0 Å². The number of hydrogen-bond acceptors (Lipinski definition) is 5. The molecule has 1 atom stereocenters. The van der Waals surface area contributed by atoms with Gasteiger partial charge in [0.25, 0.3) is 5.91 Å². The fraction of sp³-hybridized carbons (Fsp3) is 0.333. The van der Waals surface area contributed by atoms with E-state index in [4.69, 9.17) is 0 Å². The van der Waals surface area contributed by atoms with E-state index in [2.05, 4.69) is 15.1 Å². The normalized spacial score (nSPS) is 14.4. The summed E-state index contributed by atoms with van der Waals surface area (Å²) in [6.45, 7) is 3.51. The highest BCUT2D eigenvalue weighted by atomic mass is 16.3. The van der Waals surface area contributed by atoms with E-state index in [1.807, 2.05) is 48.2 Å². The van der Waals surface area contributed by atoms with Crippen molar-refractivity contribution in [1.29, 1.82) is 0 Å². The molecule has 1 aromatic carbocycles. The molecule has 1 aliphatic rings. The van der Waals surface area contributed by atoms with Crippen molar-refractivity contribution >= 4 is 5.91 Å². The SMILES string of the molecule is CC[C@@H](O)Cn1nc(-c2ccncc2)nc1CCN1Cc2ccccc2C1=O. The Balaban J connectivity index is 1.53. The Kier molecular flexibility index (Phi) is 5.16. The summed E-state index contributed by atoms with van der Waals surface area (Å²) < 4.78 is 1.76. The summed E-state index contributed by atoms with van der Waals surface area (Å²) in [5.41, 5.74) is 2.72. The minimum absolute atomic E-state index is 0.0598. The van der Waals surface area contributed by atoms with Crippen LogP contribution in [-0.2, 0) is 19.5 Å². The van der Waals surface area contributed by atoms with Crippen LogP contribution in [0.1, 0.15) is 35.1 Å². The number of aliphatic hydroxyl groups excluding tert-OH is 1. The molecule has 0 aliphatic carbocycles. The number of aromatic nitrogens is 4. The lowest BCUT2D eigenvalue weighted by Gasteiger charge is -2.16. The average molecular weight is 377 g/mol. The van der Waals surface area contributed by atoms with Crippen molar-refractivity contribution in [3.05, 3.63) is 65.7 Å². The van der Waals surface area contributed by atoms with Gasteiger partial charge < -0.3 is 10.0 Å². The molecular formula is C21H23N5O2. The van der Waals surface area contributed by atoms with E-state index in [1.165, 1.54) is 0 Å². The molecule has 0 saturated heterocycles. The third-order valence-electron chi connectivity index (χ3n) is 5.04. The largest absolute Gasteiger partial charge is 0.391 e. The molecule has 1 N–H and O–H groups in total. The van der Waals surface area contributed by atoms with Crippen LogP contribution in [0.5, 0.6) is 0 Å². The summed E-state index contributed by atoms with van der Waals surface area (Å²) in [5.74, 6) is 1.43. The fourth-order valence-corrected chi connectivity index (χ4v) is 3.39. The van der Waals surface area contributed by atoms with Crippen molar-refractivity contribution in [3.63, 3.8) is 0 Å². The summed E-state index contributed by atoms with van der Waals surface area (Å²) in [4.78, 5) is 23.1. The van der Waals surface area contributed by atoms with Crippen molar-refractivity contribution in [2.75, 3.05) is 6.54 Å². The van der Waals surface area contributed by atoms with Crippen molar-refractivity contribution in [2.24, 2.45) is 0 Å². The molecule has 0 unspecified atom stereocenters. The maximum Gasteiger partial charge on any atom is 0.254 e. The molecule has 3 heterocycles. The molecule has 3 aromatic rings. The van der Waals surface area contributed by atoms with Crippen molar-refractivity contribution in [1.82, 2.24) is 24.6 Å². The standard InChI is InChI=1S/C21H23N5O2/c1-2-17(27)14-26-19(23-20(24-26)15-7-10-22-11-8-15)9-12-25-13-16-5-3-4-6-18(16)21(25)28/h3-8,10-11,17,27H,2,9,12-14H2,1H3/t17-/m1/s1. The lowest BCUT2D eigenvalue weighted by molar-refractivity contribution is 0.0778. The number of carbonyl (C=O) groups excluding carboxylic acids is 1. The predicted octanol–water partition coefficient (Wildman–Crippen LogP) is 2.31. The number of fused-ring (bicyclic) bond motifs is 1. The van der Waals surface area contributed by atoms with Gasteiger partial charge in [-0.15, -0.1) is 0 Å². The van der Waals surface area contributed by atoms with E-state index < -0.39 is 6.10 Å². The highest BCUT2D eigenvalue weighted by Gasteiger charge is 2.27. The highest BCUT2D eigenvalue weighted by Crippen LogP contribution is 2.23. The molecule has 7 nitrogen and oxygen atoms in total. The fourth-order valence-electron chi connectivity index (χ4n) is 3.39. The molecule has 4 rings (SSSR count). The van der Waals surface area contributed by atoms with Gasteiger partial charge in [-0.1, -0.05) is 25.1 Å². The molecular weight excluding hydrogens is 354 g/mol. The first-order valence-corrected chi connectivity index (χ1v) is 9.55. The summed E-state index contributed by atoms with van der Waals surface area (Å²) >= 11 is 0. The Morgan fingerprint density at radius 1 is 1.18 bits per heavy atom. The first kappa shape index (κ1) is 18.3. The zero-order valence-corrected chi connectivity index (χ0v) is 15.8. The molecule has 7 heteroatoms. The van der Waals surface area contributed by atoms with Crippen LogP contribution in [0.2, 0.25) is 0 Å². The average Bonchev–Trinajstić information content (AvgIpc) is 3.28. The molecule has 2 aromatic heterocycles. The monoisotopic (exact) mass is 377 g/mol. The van der Waals surface area contributed by atoms with Gasteiger partial charge in [0.2, 0.25) is 0 Å². The molecule has 0 radical (unpaired) electrons. The van der Waals surface area contributed by atoms with Gasteiger partial charge in [-0.2, -0.15) is 5.10 Å². The lowest BCUT2D eigenvalue weighted by atomic mass is 10.1. The number of hydrogen-bond donors (Lipinski definition) is 1. The molecule has 0 saturated carbocycles. The zero-order chi connectivity index (χ0) is 19.5. The van der Waals surface area contributed by atoms with Gasteiger partial charge in [-0.3, -0.25) is 9.78 Å². The topological polar surface area (TPSA) is 84.1 Å². The highest BCUT2D eigenvalue weighted by molar-refractivity contribution is 5.98. The first-order valence-electron chi connectivity index (χ1n) is 9.55. The Labute approximate surface area is 163 Å². The first-order chi connectivity index (χ1) is 13.7. The van der Waals surface area contributed by atoms with Gasteiger partial charge in [0.15, 0.2) is 5.82 Å². The Morgan fingerprint density at radius 3 is 2.71 bits per heavy atom. The quantitative estimate of drug-likeness (QED) is 0.683. The lowest BCUT2D eigenvalue weighted by Crippen LogP contribution is -2.27. The number of pyridine rings is 1. The Hall–Kier alpha value is -3.06. The molecule has 0 spiro atoms. The molecule has 1 aliphatic heterocycles. The molecule has 1 amide bonds. The van der Waals surface area contributed by atoms with Crippen LogP contribution in [-0.4, -0.2) is 48.3 Å². The molecule has 144 valence electrons. The number of amides is 1. The minimum Gasteiger partial charge on any atom is -0.391 e. The van der Waals surface area contributed by atoms with E-state index in [1.54, 1.807) is 17.1 Å². The van der Waals surface area contributed by atoms with Gasteiger partial charge in [0.05, 0.1) is 12.6 Å². The third-order valence-corrected chi connectivity index (χ3v) is 5.04. The van der Waals surface area contributed by atoms with Crippen LogP contribution in [0.25, 0.3) is 11.4 Å². The number of nitrogens with zero attached hydrogens (tertiary/aromatic N) is 5. The van der Waals surface area contributed by atoms with Crippen molar-refractivity contribution in [2.45, 2.75) is 39.0 Å². The predicted molar refractivity (Wildman–Crippen MR) is 104 cm³/mol. The number of benzene rings is 1. The maximum absolute atomic E-state index is 12.6. The summed E-state index contributed by atoms with van der Waals surface area (Å²) in [6, 6.07) is 11.4. The minimum atomic E-state index is -0.483. The summed E-state index contributed by atoms with van der Waals surface area (Å²) in [7, 11) is 0. The van der Waals surface area contributed by atoms with Crippen molar-refractivity contribution in [3.8, 4) is 11.4 Å². The number of aliphatic hydroxyl groups is 1. The van der Waals surface area contributed by atoms with Crippen molar-refractivity contribution < 1.29 is 9.90 Å². The van der Waals surface area contributed by atoms with E-state index >= 15 is 0 Å². The van der Waals surface area contributed by atoms with E-state index in [-0.39, 0.29) is 5.91 Å². The van der Waals surface area contributed by atoms with Crippen LogP contribution in [0.15, 0.2) is 48.8 Å². The van der Waals surface area contributed by atoms with Crippen LogP contribution in [0.4, 0.5) is 0 Å². The Bertz CT molecular complexity index is 970. The van der Waals surface area contributed by atoms with Gasteiger partial charge in [0.1, 0.15) is 5.82 Å².